The molecule has 25 heavy (non-hydrogen) atoms. The number of furan rings is 1. The van der Waals surface area contributed by atoms with E-state index in [1.807, 2.05) is 70.2 Å². The molecule has 4 heteroatoms. The quantitative estimate of drug-likeness (QED) is 0.717. The summed E-state index contributed by atoms with van der Waals surface area (Å²) in [6.07, 6.45) is 0. The Bertz CT molecular complexity index is 911. The number of fused-ring (bicyclic) bond motifs is 1. The zero-order valence-corrected chi connectivity index (χ0v) is 15.1. The minimum atomic E-state index is -0.241. The lowest BCUT2D eigenvalue weighted by molar-refractivity contribution is 0.0935. The highest BCUT2D eigenvalue weighted by Crippen LogP contribution is 2.31. The van der Waals surface area contributed by atoms with E-state index < -0.39 is 0 Å². The van der Waals surface area contributed by atoms with Crippen molar-refractivity contribution in [1.29, 1.82) is 0 Å². The van der Waals surface area contributed by atoms with Crippen LogP contribution in [-0.2, 0) is 0 Å². The fourth-order valence-electron chi connectivity index (χ4n) is 2.88. The van der Waals surface area contributed by atoms with Crippen molar-refractivity contribution in [3.63, 3.8) is 0 Å². The summed E-state index contributed by atoms with van der Waals surface area (Å²) in [6.45, 7) is 8.40. The van der Waals surface area contributed by atoms with E-state index in [9.17, 15) is 4.79 Å². The summed E-state index contributed by atoms with van der Waals surface area (Å²) in [5, 5.41) is 3.99. The van der Waals surface area contributed by atoms with E-state index >= 15 is 0 Å². The van der Waals surface area contributed by atoms with Crippen molar-refractivity contribution in [2.45, 2.75) is 33.7 Å². The summed E-state index contributed by atoms with van der Waals surface area (Å²) in [5.74, 6) is 1.33. The summed E-state index contributed by atoms with van der Waals surface area (Å²) in [7, 11) is 0. The topological polar surface area (TPSA) is 51.5 Å². The number of rotatable bonds is 5. The normalized spacial score (nSPS) is 12.2. The fraction of sp³-hybridized carbons (Fsp3) is 0.286. The molecule has 0 bridgehead atoms. The molecule has 130 valence electrons. The summed E-state index contributed by atoms with van der Waals surface area (Å²) >= 11 is 0. The van der Waals surface area contributed by atoms with Gasteiger partial charge in [0.25, 0.3) is 5.91 Å². The van der Waals surface area contributed by atoms with E-state index in [4.69, 9.17) is 9.15 Å². The molecule has 1 N–H and O–H groups in total. The van der Waals surface area contributed by atoms with E-state index in [0.29, 0.717) is 23.5 Å². The average molecular weight is 337 g/mol. The highest BCUT2D eigenvalue weighted by atomic mass is 16.5. The van der Waals surface area contributed by atoms with Gasteiger partial charge in [-0.15, -0.1) is 0 Å². The van der Waals surface area contributed by atoms with Gasteiger partial charge in [-0.2, -0.15) is 0 Å². The minimum Gasteiger partial charge on any atom is -0.490 e. The second kappa shape index (κ2) is 7.01. The average Bonchev–Trinajstić information content (AvgIpc) is 3.03. The molecule has 1 aromatic heterocycles. The Morgan fingerprint density at radius 3 is 2.72 bits per heavy atom. The maximum Gasteiger partial charge on any atom is 0.252 e. The molecule has 0 fully saturated rings. The smallest absolute Gasteiger partial charge is 0.252 e. The number of aryl methyl sites for hydroxylation is 1. The molecule has 0 aliphatic heterocycles. The highest BCUT2D eigenvalue weighted by molar-refractivity contribution is 5.96. The van der Waals surface area contributed by atoms with Crippen LogP contribution in [0.3, 0.4) is 0 Å². The molecule has 0 radical (unpaired) electrons. The van der Waals surface area contributed by atoms with Gasteiger partial charge < -0.3 is 14.5 Å². The highest BCUT2D eigenvalue weighted by Gasteiger charge is 2.18. The Hall–Kier alpha value is -2.75. The zero-order valence-electron chi connectivity index (χ0n) is 15.1. The van der Waals surface area contributed by atoms with Crippen LogP contribution in [0.5, 0.6) is 5.75 Å². The Morgan fingerprint density at radius 2 is 1.96 bits per heavy atom. The number of ether oxygens (including phenoxy) is 1. The molecule has 3 rings (SSSR count). The molecular weight excluding hydrogens is 314 g/mol. The van der Waals surface area contributed by atoms with Crippen molar-refractivity contribution in [3.8, 4) is 5.75 Å². The summed E-state index contributed by atoms with van der Waals surface area (Å²) in [5.41, 5.74) is 3.51. The number of benzene rings is 2. The number of amides is 1. The molecule has 0 aliphatic carbocycles. The molecule has 0 aliphatic rings. The molecule has 1 unspecified atom stereocenters. The fourth-order valence-corrected chi connectivity index (χ4v) is 2.88. The number of hydrogen-bond acceptors (Lipinski definition) is 3. The van der Waals surface area contributed by atoms with Crippen molar-refractivity contribution in [1.82, 2.24) is 5.32 Å². The molecule has 1 heterocycles. The van der Waals surface area contributed by atoms with E-state index in [2.05, 4.69) is 5.32 Å². The number of hydrogen-bond donors (Lipinski definition) is 1. The van der Waals surface area contributed by atoms with E-state index in [1.54, 1.807) is 0 Å². The first-order valence-corrected chi connectivity index (χ1v) is 8.53. The predicted molar refractivity (Wildman–Crippen MR) is 99.2 cm³/mol. The summed E-state index contributed by atoms with van der Waals surface area (Å²) < 4.78 is 11.6. The van der Waals surface area contributed by atoms with Crippen molar-refractivity contribution in [3.05, 3.63) is 64.9 Å². The van der Waals surface area contributed by atoms with Crippen LogP contribution in [0, 0.1) is 13.8 Å². The lowest BCUT2D eigenvalue weighted by Crippen LogP contribution is -2.27. The monoisotopic (exact) mass is 337 g/mol. The van der Waals surface area contributed by atoms with Gasteiger partial charge >= 0.3 is 0 Å². The third-order valence-corrected chi connectivity index (χ3v) is 4.45. The van der Waals surface area contributed by atoms with Crippen molar-refractivity contribution < 1.29 is 13.9 Å². The zero-order chi connectivity index (χ0) is 18.0. The second-order valence-electron chi connectivity index (χ2n) is 6.20. The molecule has 0 saturated carbocycles. The molecule has 2 aromatic carbocycles. The lowest BCUT2D eigenvalue weighted by Gasteiger charge is -2.13. The van der Waals surface area contributed by atoms with E-state index in [1.165, 1.54) is 0 Å². The largest absolute Gasteiger partial charge is 0.490 e. The molecule has 1 amide bonds. The Morgan fingerprint density at radius 1 is 1.20 bits per heavy atom. The third-order valence-electron chi connectivity index (χ3n) is 4.45. The van der Waals surface area contributed by atoms with Gasteiger partial charge in [-0.3, -0.25) is 4.79 Å². The standard InChI is InChI=1S/C21H23NO3/c1-5-24-18-11-7-9-16-12-19(25-20(16)18)15(4)22-21(23)17-10-6-8-13(2)14(17)3/h6-12,15H,5H2,1-4H3,(H,22,23). The van der Waals surface area contributed by atoms with Gasteiger partial charge in [-0.1, -0.05) is 24.3 Å². The number of carbonyl (C=O) groups excluding carboxylic acids is 1. The molecule has 4 nitrogen and oxygen atoms in total. The van der Waals surface area contributed by atoms with Crippen molar-refractivity contribution in [2.75, 3.05) is 6.61 Å². The van der Waals surface area contributed by atoms with Crippen LogP contribution in [0.25, 0.3) is 11.0 Å². The molecule has 0 saturated heterocycles. The van der Waals surface area contributed by atoms with Gasteiger partial charge in [0.05, 0.1) is 12.6 Å². The van der Waals surface area contributed by atoms with Gasteiger partial charge in [-0.25, -0.2) is 0 Å². The van der Waals surface area contributed by atoms with Crippen LogP contribution in [0.2, 0.25) is 0 Å². The second-order valence-corrected chi connectivity index (χ2v) is 6.20. The molecule has 0 spiro atoms. The van der Waals surface area contributed by atoms with Crippen molar-refractivity contribution >= 4 is 16.9 Å². The Balaban J connectivity index is 1.84. The van der Waals surface area contributed by atoms with Crippen LogP contribution < -0.4 is 10.1 Å². The lowest BCUT2D eigenvalue weighted by atomic mass is 10.0. The summed E-state index contributed by atoms with van der Waals surface area (Å²) in [6, 6.07) is 13.3. The Kier molecular flexibility index (Phi) is 4.79. The first-order chi connectivity index (χ1) is 12.0. The van der Waals surface area contributed by atoms with Crippen LogP contribution in [0.1, 0.15) is 47.1 Å². The van der Waals surface area contributed by atoms with Crippen LogP contribution >= 0.6 is 0 Å². The molecule has 3 aromatic rings. The van der Waals surface area contributed by atoms with Gasteiger partial charge in [0, 0.05) is 10.9 Å². The van der Waals surface area contributed by atoms with Crippen LogP contribution in [0.4, 0.5) is 0 Å². The summed E-state index contributed by atoms with van der Waals surface area (Å²) in [4.78, 5) is 12.6. The van der Waals surface area contributed by atoms with Crippen LogP contribution in [-0.4, -0.2) is 12.5 Å². The first-order valence-electron chi connectivity index (χ1n) is 8.53. The third kappa shape index (κ3) is 3.38. The first kappa shape index (κ1) is 17.1. The number of para-hydroxylation sites is 1. The van der Waals surface area contributed by atoms with Crippen molar-refractivity contribution in [2.24, 2.45) is 0 Å². The van der Waals surface area contributed by atoms with Crippen LogP contribution in [0.15, 0.2) is 46.9 Å². The molecular formula is C21H23NO3. The number of nitrogens with one attached hydrogen (secondary N) is 1. The van der Waals surface area contributed by atoms with E-state index in [0.717, 1.165) is 22.3 Å². The van der Waals surface area contributed by atoms with E-state index in [-0.39, 0.29) is 11.9 Å². The van der Waals surface area contributed by atoms with Gasteiger partial charge in [-0.05, 0) is 57.0 Å². The van der Waals surface area contributed by atoms with Gasteiger partial charge in [0.1, 0.15) is 5.76 Å². The maximum absolute atomic E-state index is 12.6. The Labute approximate surface area is 147 Å². The number of carbonyl (C=O) groups is 1. The SMILES string of the molecule is CCOc1cccc2cc(C(C)NC(=O)c3cccc(C)c3C)oc12. The molecule has 1 atom stereocenters. The van der Waals surface area contributed by atoms with Gasteiger partial charge in [0.15, 0.2) is 11.3 Å². The maximum atomic E-state index is 12.6. The van der Waals surface area contributed by atoms with Gasteiger partial charge in [0.2, 0.25) is 0 Å². The minimum absolute atomic E-state index is 0.0980. The predicted octanol–water partition coefficient (Wildman–Crippen LogP) is 4.94.